The van der Waals surface area contributed by atoms with Crippen molar-refractivity contribution in [1.29, 1.82) is 0 Å². The van der Waals surface area contributed by atoms with Crippen LogP contribution < -0.4 is 5.46 Å². The van der Waals surface area contributed by atoms with E-state index in [0.717, 1.165) is 18.2 Å². The highest BCUT2D eigenvalue weighted by atomic mass is 19.1. The van der Waals surface area contributed by atoms with Crippen molar-refractivity contribution in [3.63, 3.8) is 0 Å². The summed E-state index contributed by atoms with van der Waals surface area (Å²) in [5, 5.41) is 10.7. The van der Waals surface area contributed by atoms with Gasteiger partial charge in [-0.15, -0.1) is 0 Å². The second-order valence-electron chi connectivity index (χ2n) is 5.55. The first-order valence-electron chi connectivity index (χ1n) is 6.93. The quantitative estimate of drug-likeness (QED) is 0.478. The Morgan fingerprint density at radius 3 is 2.05 bits per heavy atom. The normalized spacial score (nSPS) is 18.9. The highest BCUT2D eigenvalue weighted by molar-refractivity contribution is 6.62. The number of rotatable bonds is 2. The van der Waals surface area contributed by atoms with Gasteiger partial charge in [-0.3, -0.25) is 10.1 Å². The maximum absolute atomic E-state index is 13.8. The number of hydrogen-bond donors (Lipinski definition) is 0. The molecule has 0 amide bonds. The summed E-state index contributed by atoms with van der Waals surface area (Å²) < 4.78 is 25.2. The third-order valence-electron chi connectivity index (χ3n) is 3.70. The summed E-state index contributed by atoms with van der Waals surface area (Å²) in [6.45, 7) is 11.3. The molecule has 1 heterocycles. The zero-order chi connectivity index (χ0) is 16.4. The van der Waals surface area contributed by atoms with Crippen molar-refractivity contribution < 1.29 is 18.6 Å². The largest absolute Gasteiger partial charge is 0.498 e. The zero-order valence-corrected chi connectivity index (χ0v) is 13.3. The van der Waals surface area contributed by atoms with Gasteiger partial charge in [0.1, 0.15) is 5.82 Å². The van der Waals surface area contributed by atoms with Gasteiger partial charge in [0.15, 0.2) is 0 Å². The lowest BCUT2D eigenvalue weighted by atomic mass is 9.78. The number of benzene rings is 1. The molecule has 1 aliphatic rings. The fourth-order valence-electron chi connectivity index (χ4n) is 1.80. The molecule has 0 aromatic heterocycles. The maximum Gasteiger partial charge on any atom is 0.498 e. The summed E-state index contributed by atoms with van der Waals surface area (Å²) >= 11 is 0. The van der Waals surface area contributed by atoms with E-state index in [4.69, 9.17) is 9.31 Å². The van der Waals surface area contributed by atoms with Crippen LogP contribution in [0.2, 0.25) is 0 Å². The van der Waals surface area contributed by atoms with Crippen LogP contribution in [0, 0.1) is 15.9 Å². The van der Waals surface area contributed by atoms with Crippen LogP contribution in [0.5, 0.6) is 0 Å². The van der Waals surface area contributed by atoms with Gasteiger partial charge < -0.3 is 9.31 Å². The molecule has 0 spiro atoms. The Labute approximate surface area is 124 Å². The van der Waals surface area contributed by atoms with Crippen LogP contribution in [0.1, 0.15) is 41.5 Å². The Bertz CT molecular complexity index is 518. The minimum absolute atomic E-state index is 0.0489. The molecule has 2 rings (SSSR count). The van der Waals surface area contributed by atoms with E-state index in [-0.39, 0.29) is 11.2 Å². The van der Waals surface area contributed by atoms with Gasteiger partial charge in [-0.25, -0.2) is 4.39 Å². The molecule has 0 unspecified atom stereocenters. The van der Waals surface area contributed by atoms with Crippen molar-refractivity contribution in [2.75, 3.05) is 0 Å². The molecule has 0 aliphatic carbocycles. The first-order valence-corrected chi connectivity index (χ1v) is 6.93. The lowest BCUT2D eigenvalue weighted by molar-refractivity contribution is -0.384. The fraction of sp³-hybridized carbons (Fsp3) is 0.571. The van der Waals surface area contributed by atoms with E-state index in [0.29, 0.717) is 0 Å². The molecule has 1 aromatic carbocycles. The lowest BCUT2D eigenvalue weighted by Crippen LogP contribution is -2.41. The third-order valence-corrected chi connectivity index (χ3v) is 3.70. The van der Waals surface area contributed by atoms with Crippen LogP contribution in [-0.4, -0.2) is 23.2 Å². The van der Waals surface area contributed by atoms with Crippen LogP contribution in [0.15, 0.2) is 18.2 Å². The first-order chi connectivity index (χ1) is 9.64. The summed E-state index contributed by atoms with van der Waals surface area (Å²) in [5.74, 6) is -0.580. The van der Waals surface area contributed by atoms with Crippen molar-refractivity contribution in [1.82, 2.24) is 0 Å². The SMILES string of the molecule is CC.CC1(C)OB(c2cc([N+](=O)[O-])ccc2F)OC1(C)C. The smallest absolute Gasteiger partial charge is 0.399 e. The molecule has 0 radical (unpaired) electrons. The van der Waals surface area contributed by atoms with Crippen molar-refractivity contribution in [3.05, 3.63) is 34.1 Å². The van der Waals surface area contributed by atoms with Crippen molar-refractivity contribution >= 4 is 18.3 Å². The highest BCUT2D eigenvalue weighted by Crippen LogP contribution is 2.36. The van der Waals surface area contributed by atoms with E-state index in [2.05, 4.69) is 0 Å². The van der Waals surface area contributed by atoms with Crippen LogP contribution in [0.3, 0.4) is 0 Å². The second-order valence-corrected chi connectivity index (χ2v) is 5.55. The predicted molar refractivity (Wildman–Crippen MR) is 80.1 cm³/mol. The van der Waals surface area contributed by atoms with E-state index >= 15 is 0 Å². The van der Waals surface area contributed by atoms with Crippen molar-refractivity contribution in [3.8, 4) is 0 Å². The Morgan fingerprint density at radius 1 is 1.14 bits per heavy atom. The average molecular weight is 297 g/mol. The Morgan fingerprint density at radius 2 is 1.62 bits per heavy atom. The molecule has 5 nitrogen and oxygen atoms in total. The Kier molecular flexibility index (Phi) is 5.12. The molecular weight excluding hydrogens is 276 g/mol. The molecule has 0 bridgehead atoms. The lowest BCUT2D eigenvalue weighted by Gasteiger charge is -2.32. The molecule has 21 heavy (non-hydrogen) atoms. The van der Waals surface area contributed by atoms with Gasteiger partial charge in [0.25, 0.3) is 5.69 Å². The van der Waals surface area contributed by atoms with Gasteiger partial charge in [0, 0.05) is 17.6 Å². The van der Waals surface area contributed by atoms with Crippen molar-refractivity contribution in [2.45, 2.75) is 52.7 Å². The fourth-order valence-corrected chi connectivity index (χ4v) is 1.80. The summed E-state index contributed by atoms with van der Waals surface area (Å²) in [5.41, 5.74) is -1.37. The standard InChI is InChI=1S/C12H15BFNO4.C2H6/c1-11(2)12(3,4)19-13(18-11)9-7-8(15(16)17)5-6-10(9)14;1-2/h5-7H,1-4H3;1-2H3. The van der Waals surface area contributed by atoms with Crippen LogP contribution in [0.4, 0.5) is 10.1 Å². The van der Waals surface area contributed by atoms with Crippen LogP contribution in [-0.2, 0) is 9.31 Å². The second kappa shape index (κ2) is 6.11. The van der Waals surface area contributed by atoms with E-state index < -0.39 is 29.1 Å². The number of halogens is 1. The monoisotopic (exact) mass is 297 g/mol. The number of hydrogen-bond acceptors (Lipinski definition) is 4. The zero-order valence-electron chi connectivity index (χ0n) is 13.3. The van der Waals surface area contributed by atoms with Gasteiger partial charge in [0.2, 0.25) is 0 Å². The van der Waals surface area contributed by atoms with Gasteiger partial charge in [-0.05, 0) is 33.8 Å². The van der Waals surface area contributed by atoms with Crippen molar-refractivity contribution in [2.24, 2.45) is 0 Å². The van der Waals surface area contributed by atoms with E-state index in [1.807, 2.05) is 41.5 Å². The molecule has 0 saturated carbocycles. The molecule has 1 fully saturated rings. The molecule has 1 aromatic rings. The molecule has 7 heteroatoms. The molecule has 1 aliphatic heterocycles. The van der Waals surface area contributed by atoms with Crippen LogP contribution in [0.25, 0.3) is 0 Å². The first kappa shape index (κ1) is 17.6. The predicted octanol–water partition coefficient (Wildman–Crippen LogP) is 3.06. The number of nitro groups is 1. The minimum atomic E-state index is -0.940. The molecule has 0 N–H and O–H groups in total. The maximum atomic E-state index is 13.8. The Balaban J connectivity index is 0.00000106. The van der Waals surface area contributed by atoms with E-state index in [1.165, 1.54) is 0 Å². The number of nitro benzene ring substituents is 1. The molecule has 0 atom stereocenters. The number of non-ortho nitro benzene ring substituents is 1. The average Bonchev–Trinajstić information content (AvgIpc) is 2.61. The Hall–Kier alpha value is -1.47. The van der Waals surface area contributed by atoms with Gasteiger partial charge in [-0.1, -0.05) is 13.8 Å². The molecular formula is C14H21BFNO4. The van der Waals surface area contributed by atoms with Crippen LogP contribution >= 0.6 is 0 Å². The third kappa shape index (κ3) is 3.41. The summed E-state index contributed by atoms with van der Waals surface area (Å²) in [6, 6.07) is 3.32. The molecule has 116 valence electrons. The summed E-state index contributed by atoms with van der Waals surface area (Å²) in [7, 11) is -0.940. The van der Waals surface area contributed by atoms with Gasteiger partial charge >= 0.3 is 7.12 Å². The topological polar surface area (TPSA) is 61.6 Å². The van der Waals surface area contributed by atoms with E-state index in [9.17, 15) is 14.5 Å². The van der Waals surface area contributed by atoms with Gasteiger partial charge in [-0.2, -0.15) is 0 Å². The number of nitrogens with zero attached hydrogens (tertiary/aromatic N) is 1. The summed E-state index contributed by atoms with van der Waals surface area (Å²) in [4.78, 5) is 10.2. The summed E-state index contributed by atoms with van der Waals surface area (Å²) in [6.07, 6.45) is 0. The highest BCUT2D eigenvalue weighted by Gasteiger charge is 2.52. The van der Waals surface area contributed by atoms with Gasteiger partial charge in [0.05, 0.1) is 16.1 Å². The molecule has 1 saturated heterocycles. The van der Waals surface area contributed by atoms with E-state index in [1.54, 1.807) is 0 Å². The minimum Gasteiger partial charge on any atom is -0.399 e.